The lowest BCUT2D eigenvalue weighted by molar-refractivity contribution is 0.286. The van der Waals surface area contributed by atoms with Crippen LogP contribution in [0.1, 0.15) is 35.8 Å². The number of nitrogens with zero attached hydrogens (tertiary/aromatic N) is 3. The van der Waals surface area contributed by atoms with E-state index in [-0.39, 0.29) is 10.8 Å². The van der Waals surface area contributed by atoms with Gasteiger partial charge in [0.25, 0.3) is 0 Å². The largest absolute Gasteiger partial charge is 0.496 e. The zero-order valence-electron chi connectivity index (χ0n) is 17.3. The maximum atomic E-state index is 13.2. The molecule has 8 heteroatoms. The molecule has 1 aliphatic heterocycles. The molecule has 2 heterocycles. The van der Waals surface area contributed by atoms with Crippen molar-refractivity contribution in [2.24, 2.45) is 0 Å². The van der Waals surface area contributed by atoms with Crippen molar-refractivity contribution in [1.29, 1.82) is 0 Å². The van der Waals surface area contributed by atoms with Gasteiger partial charge < -0.3 is 9.15 Å². The number of rotatable bonds is 5. The maximum absolute atomic E-state index is 13.2. The lowest BCUT2D eigenvalue weighted by atomic mass is 10.00. The highest BCUT2D eigenvalue weighted by atomic mass is 32.2. The molecule has 1 aromatic heterocycles. The van der Waals surface area contributed by atoms with Crippen molar-refractivity contribution in [3.63, 3.8) is 0 Å². The molecule has 1 aliphatic rings. The standard InChI is InChI=1S/C22H25N3O4S/c1-15-7-4-5-9-19(15)22-24-23-21(29-22)17-8-6-12-25(14-17)30(26,27)18-10-11-20(28-3)16(2)13-18/h4-5,7,9-11,13,17H,6,8,12,14H2,1-3H3/t17-/m0/s1. The summed E-state index contributed by atoms with van der Waals surface area (Å²) in [4.78, 5) is 0.271. The molecule has 0 N–H and O–H groups in total. The molecule has 0 radical (unpaired) electrons. The topological polar surface area (TPSA) is 85.5 Å². The zero-order valence-corrected chi connectivity index (χ0v) is 18.1. The molecule has 158 valence electrons. The van der Waals surface area contributed by atoms with Crippen LogP contribution in [-0.4, -0.2) is 43.1 Å². The van der Waals surface area contributed by atoms with Crippen molar-refractivity contribution in [3.05, 3.63) is 59.5 Å². The number of benzene rings is 2. The van der Waals surface area contributed by atoms with Crippen LogP contribution < -0.4 is 4.74 Å². The molecule has 7 nitrogen and oxygen atoms in total. The van der Waals surface area contributed by atoms with E-state index in [0.29, 0.717) is 30.6 Å². The molecule has 1 atom stereocenters. The van der Waals surface area contributed by atoms with Gasteiger partial charge in [-0.1, -0.05) is 18.2 Å². The number of aryl methyl sites for hydroxylation is 2. The van der Waals surface area contributed by atoms with E-state index in [0.717, 1.165) is 29.5 Å². The number of ether oxygens (including phenoxy) is 1. The van der Waals surface area contributed by atoms with E-state index in [2.05, 4.69) is 10.2 Å². The Morgan fingerprint density at radius 3 is 2.63 bits per heavy atom. The van der Waals surface area contributed by atoms with E-state index in [9.17, 15) is 8.42 Å². The predicted molar refractivity (Wildman–Crippen MR) is 113 cm³/mol. The molecule has 30 heavy (non-hydrogen) atoms. The van der Waals surface area contributed by atoms with Crippen LogP contribution in [0.3, 0.4) is 0 Å². The number of sulfonamides is 1. The van der Waals surface area contributed by atoms with Crippen LogP contribution in [-0.2, 0) is 10.0 Å². The van der Waals surface area contributed by atoms with Gasteiger partial charge in [0.1, 0.15) is 5.75 Å². The van der Waals surface area contributed by atoms with Gasteiger partial charge in [0, 0.05) is 18.7 Å². The molecule has 0 saturated carbocycles. The number of aromatic nitrogens is 2. The molecule has 0 unspecified atom stereocenters. The molecular weight excluding hydrogens is 402 g/mol. The third-order valence-corrected chi connectivity index (χ3v) is 7.41. The van der Waals surface area contributed by atoms with Crippen LogP contribution in [0.4, 0.5) is 0 Å². The average molecular weight is 428 g/mol. The Hall–Kier alpha value is -2.71. The van der Waals surface area contributed by atoms with E-state index in [1.807, 2.05) is 38.1 Å². The third-order valence-electron chi connectivity index (χ3n) is 5.55. The van der Waals surface area contributed by atoms with E-state index in [4.69, 9.17) is 9.15 Å². The monoisotopic (exact) mass is 427 g/mol. The summed E-state index contributed by atoms with van der Waals surface area (Å²) < 4.78 is 39.1. The molecule has 3 aromatic rings. The Morgan fingerprint density at radius 2 is 1.90 bits per heavy atom. The molecule has 0 amide bonds. The first-order valence-corrected chi connectivity index (χ1v) is 11.4. The second kappa shape index (κ2) is 8.20. The minimum Gasteiger partial charge on any atom is -0.496 e. The van der Waals surface area contributed by atoms with Crippen LogP contribution in [0.2, 0.25) is 0 Å². The van der Waals surface area contributed by atoms with Crippen molar-refractivity contribution in [1.82, 2.24) is 14.5 Å². The molecule has 0 aliphatic carbocycles. The van der Waals surface area contributed by atoms with Crippen molar-refractivity contribution < 1.29 is 17.6 Å². The zero-order chi connectivity index (χ0) is 21.3. The first-order valence-electron chi connectivity index (χ1n) is 9.94. The van der Waals surface area contributed by atoms with E-state index in [1.54, 1.807) is 25.3 Å². The third kappa shape index (κ3) is 3.85. The summed E-state index contributed by atoms with van der Waals surface area (Å²) in [6.45, 7) is 4.62. The molecule has 0 spiro atoms. The first kappa shape index (κ1) is 20.6. The number of methoxy groups -OCH3 is 1. The van der Waals surface area contributed by atoms with E-state index >= 15 is 0 Å². The van der Waals surface area contributed by atoms with Crippen LogP contribution in [0.25, 0.3) is 11.5 Å². The maximum Gasteiger partial charge on any atom is 0.248 e. The van der Waals surface area contributed by atoms with Gasteiger partial charge in [-0.25, -0.2) is 8.42 Å². The van der Waals surface area contributed by atoms with Crippen molar-refractivity contribution in [3.8, 4) is 17.2 Å². The quantitative estimate of drug-likeness (QED) is 0.613. The molecular formula is C22H25N3O4S. The summed E-state index contributed by atoms with van der Waals surface area (Å²) in [6, 6.07) is 12.8. The van der Waals surface area contributed by atoms with Gasteiger partial charge in [0.05, 0.1) is 17.9 Å². The number of piperidine rings is 1. The van der Waals surface area contributed by atoms with E-state index < -0.39 is 10.0 Å². The van der Waals surface area contributed by atoms with Gasteiger partial charge in [-0.15, -0.1) is 10.2 Å². The van der Waals surface area contributed by atoms with Crippen molar-refractivity contribution in [2.45, 2.75) is 37.5 Å². The van der Waals surface area contributed by atoms with Crippen LogP contribution in [0.5, 0.6) is 5.75 Å². The molecule has 1 fully saturated rings. The lowest BCUT2D eigenvalue weighted by Gasteiger charge is -2.30. The van der Waals surface area contributed by atoms with Crippen LogP contribution >= 0.6 is 0 Å². The SMILES string of the molecule is COc1ccc(S(=O)(=O)N2CCC[C@H](c3nnc(-c4ccccc4C)o3)C2)cc1C. The summed E-state index contributed by atoms with van der Waals surface area (Å²) >= 11 is 0. The summed E-state index contributed by atoms with van der Waals surface area (Å²) in [6.07, 6.45) is 1.55. The van der Waals surface area contributed by atoms with Crippen LogP contribution in [0, 0.1) is 13.8 Å². The molecule has 0 bridgehead atoms. The van der Waals surface area contributed by atoms with Gasteiger partial charge in [0.15, 0.2) is 0 Å². The Morgan fingerprint density at radius 1 is 1.10 bits per heavy atom. The highest BCUT2D eigenvalue weighted by molar-refractivity contribution is 7.89. The van der Waals surface area contributed by atoms with Gasteiger partial charge in [0.2, 0.25) is 21.8 Å². The average Bonchev–Trinajstić information content (AvgIpc) is 3.24. The smallest absolute Gasteiger partial charge is 0.248 e. The fourth-order valence-corrected chi connectivity index (χ4v) is 5.45. The second-order valence-electron chi connectivity index (χ2n) is 7.59. The molecule has 4 rings (SSSR count). The number of hydrogen-bond acceptors (Lipinski definition) is 6. The fraction of sp³-hybridized carbons (Fsp3) is 0.364. The van der Waals surface area contributed by atoms with E-state index in [1.165, 1.54) is 4.31 Å². The Kier molecular flexibility index (Phi) is 5.62. The highest BCUT2D eigenvalue weighted by Crippen LogP contribution is 2.32. The van der Waals surface area contributed by atoms with Crippen molar-refractivity contribution >= 4 is 10.0 Å². The number of hydrogen-bond donors (Lipinski definition) is 0. The highest BCUT2D eigenvalue weighted by Gasteiger charge is 2.33. The molecule has 2 aromatic carbocycles. The molecule has 1 saturated heterocycles. The van der Waals surface area contributed by atoms with Gasteiger partial charge >= 0.3 is 0 Å². The fourth-order valence-electron chi connectivity index (χ4n) is 3.84. The van der Waals surface area contributed by atoms with Crippen LogP contribution in [0.15, 0.2) is 51.8 Å². The van der Waals surface area contributed by atoms with Crippen molar-refractivity contribution in [2.75, 3.05) is 20.2 Å². The lowest BCUT2D eigenvalue weighted by Crippen LogP contribution is -2.39. The summed E-state index contributed by atoms with van der Waals surface area (Å²) in [7, 11) is -2.04. The minimum absolute atomic E-state index is 0.127. The Bertz CT molecular complexity index is 1160. The van der Waals surface area contributed by atoms with Gasteiger partial charge in [-0.3, -0.25) is 0 Å². The Balaban J connectivity index is 1.56. The normalized spacial score (nSPS) is 17.8. The second-order valence-corrected chi connectivity index (χ2v) is 9.53. The predicted octanol–water partition coefficient (Wildman–Crippen LogP) is 3.93. The Labute approximate surface area is 176 Å². The summed E-state index contributed by atoms with van der Waals surface area (Å²) in [5, 5.41) is 8.43. The first-order chi connectivity index (χ1) is 14.4. The van der Waals surface area contributed by atoms with Gasteiger partial charge in [-0.2, -0.15) is 4.31 Å². The van der Waals surface area contributed by atoms with Gasteiger partial charge in [-0.05, 0) is 62.1 Å². The summed E-state index contributed by atoms with van der Waals surface area (Å²) in [5.74, 6) is 1.49. The summed E-state index contributed by atoms with van der Waals surface area (Å²) in [5.41, 5.74) is 2.73. The minimum atomic E-state index is -3.61.